The van der Waals surface area contributed by atoms with Crippen LogP contribution in [0.5, 0.6) is 0 Å². The van der Waals surface area contributed by atoms with Gasteiger partial charge in [-0.05, 0) is 12.1 Å². The Hall–Kier alpha value is -1.85. The van der Waals surface area contributed by atoms with Crippen LogP contribution in [0.1, 0.15) is 0 Å². The summed E-state index contributed by atoms with van der Waals surface area (Å²) in [6, 6.07) is 5.36. The summed E-state index contributed by atoms with van der Waals surface area (Å²) in [5, 5.41) is 6.41. The molecule has 0 aromatic carbocycles. The van der Waals surface area contributed by atoms with Gasteiger partial charge >= 0.3 is 0 Å². The Labute approximate surface area is 83.2 Å². The molecule has 6 heteroatoms. The number of hydrogen-bond acceptors (Lipinski definition) is 4. The smallest absolute Gasteiger partial charge is 0.174 e. The molecule has 0 aliphatic carbocycles. The topological polar surface area (TPSA) is 80.5 Å². The van der Waals surface area contributed by atoms with Gasteiger partial charge in [0.1, 0.15) is 17.8 Å². The normalized spacial score (nSPS) is 8.93. The fraction of sp³-hybridized carbons (Fsp3) is 0.125. The minimum absolute atomic E-state index is 0.476. The lowest BCUT2D eigenvalue weighted by Crippen LogP contribution is -1.92. The molecule has 0 atom stereocenters. The van der Waals surface area contributed by atoms with Crippen molar-refractivity contribution in [1.29, 1.82) is 0 Å². The zero-order chi connectivity index (χ0) is 10.4. The molecule has 5 nitrogen and oxygen atoms in total. The summed E-state index contributed by atoms with van der Waals surface area (Å²) in [6.07, 6.45) is 1.43. The molecule has 0 amide bonds. The molecule has 3 N–H and O–H groups in total. The molecule has 0 bridgehead atoms. The summed E-state index contributed by atoms with van der Waals surface area (Å²) in [6.45, 7) is 1.50. The highest BCUT2D eigenvalue weighted by Gasteiger charge is 2.00. The Bertz CT molecular complexity index is 373. The van der Waals surface area contributed by atoms with E-state index in [1.165, 1.54) is 13.2 Å². The van der Waals surface area contributed by atoms with Crippen LogP contribution in [0.15, 0.2) is 24.5 Å². The van der Waals surface area contributed by atoms with Gasteiger partial charge in [-0.1, -0.05) is 12.9 Å². The fourth-order valence-corrected chi connectivity index (χ4v) is 0.912. The number of rotatable bonds is 1. The van der Waals surface area contributed by atoms with E-state index >= 15 is 0 Å². The number of aromatic amines is 1. The third-order valence-electron chi connectivity index (χ3n) is 1.43. The highest BCUT2D eigenvalue weighted by atomic mass is 15.2. The monoisotopic (exact) mass is 187 g/mol. The van der Waals surface area contributed by atoms with Gasteiger partial charge < -0.3 is 5.73 Å². The number of nitrogens with zero attached hydrogens (tertiary/aromatic N) is 3. The SMILES string of the molecule is Nc1cccc(-c2ncn[nH]2)n1.[B]C. The molecule has 0 spiro atoms. The first kappa shape index (κ1) is 10.2. The van der Waals surface area contributed by atoms with E-state index in [2.05, 4.69) is 28.0 Å². The predicted octanol–water partition coefficient (Wildman–Crippen LogP) is 0.652. The van der Waals surface area contributed by atoms with E-state index in [4.69, 9.17) is 5.73 Å². The summed E-state index contributed by atoms with van der Waals surface area (Å²) in [5.74, 6) is 1.10. The summed E-state index contributed by atoms with van der Waals surface area (Å²) >= 11 is 0. The minimum atomic E-state index is 0.476. The van der Waals surface area contributed by atoms with Crippen molar-refractivity contribution in [3.63, 3.8) is 0 Å². The summed E-state index contributed by atoms with van der Waals surface area (Å²) in [4.78, 5) is 8.00. The molecule has 0 unspecified atom stereocenters. The van der Waals surface area contributed by atoms with Gasteiger partial charge in [0, 0.05) is 0 Å². The quantitative estimate of drug-likeness (QED) is 0.642. The molecular weight excluding hydrogens is 177 g/mol. The summed E-state index contributed by atoms with van der Waals surface area (Å²) < 4.78 is 0. The van der Waals surface area contributed by atoms with E-state index in [9.17, 15) is 0 Å². The molecule has 0 saturated carbocycles. The largest absolute Gasteiger partial charge is 0.384 e. The standard InChI is InChI=1S/C7H7N5.CH3B/c8-6-3-1-2-5(11-6)7-9-4-10-12-7;1-2/h1-4H,(H2,8,11)(H,9,10,12);1H3. The molecule has 14 heavy (non-hydrogen) atoms. The molecule has 2 aromatic heterocycles. The van der Waals surface area contributed by atoms with Crippen molar-refractivity contribution in [2.24, 2.45) is 0 Å². The summed E-state index contributed by atoms with van der Waals surface area (Å²) in [7, 11) is 4.50. The van der Waals surface area contributed by atoms with Crippen LogP contribution in [0.4, 0.5) is 5.82 Å². The molecule has 70 valence electrons. The van der Waals surface area contributed by atoms with Gasteiger partial charge in [0.05, 0.1) is 7.85 Å². The van der Waals surface area contributed by atoms with Crippen LogP contribution in [-0.4, -0.2) is 28.0 Å². The van der Waals surface area contributed by atoms with E-state index in [0.717, 1.165) is 0 Å². The van der Waals surface area contributed by atoms with Crippen LogP contribution in [0.2, 0.25) is 6.82 Å². The number of nitrogens with one attached hydrogen (secondary N) is 1. The molecule has 2 aromatic rings. The van der Waals surface area contributed by atoms with Gasteiger partial charge in [-0.3, -0.25) is 5.10 Å². The van der Waals surface area contributed by atoms with Crippen molar-refractivity contribution in [3.05, 3.63) is 24.5 Å². The number of hydrogen-bond donors (Lipinski definition) is 2. The van der Waals surface area contributed by atoms with E-state index in [1.807, 2.05) is 12.1 Å². The zero-order valence-corrected chi connectivity index (χ0v) is 7.81. The molecule has 2 radical (unpaired) electrons. The predicted molar refractivity (Wildman–Crippen MR) is 55.6 cm³/mol. The van der Waals surface area contributed by atoms with Gasteiger partial charge in [-0.25, -0.2) is 9.97 Å². The first-order chi connectivity index (χ1) is 6.86. The fourth-order valence-electron chi connectivity index (χ4n) is 0.912. The second kappa shape index (κ2) is 5.01. The van der Waals surface area contributed by atoms with Crippen LogP contribution in [0, 0.1) is 0 Å². The Morgan fingerprint density at radius 2 is 2.14 bits per heavy atom. The third-order valence-corrected chi connectivity index (χ3v) is 1.43. The lowest BCUT2D eigenvalue weighted by molar-refractivity contribution is 1.09. The summed E-state index contributed by atoms with van der Waals surface area (Å²) in [5.41, 5.74) is 6.19. The van der Waals surface area contributed by atoms with E-state index in [-0.39, 0.29) is 0 Å². The average molecular weight is 187 g/mol. The van der Waals surface area contributed by atoms with Crippen molar-refractivity contribution in [2.45, 2.75) is 6.82 Å². The zero-order valence-electron chi connectivity index (χ0n) is 7.81. The maximum absolute atomic E-state index is 5.49. The molecule has 0 fully saturated rings. The van der Waals surface area contributed by atoms with Crippen LogP contribution in [-0.2, 0) is 0 Å². The van der Waals surface area contributed by atoms with E-state index in [1.54, 1.807) is 6.07 Å². The Morgan fingerprint density at radius 3 is 2.71 bits per heavy atom. The number of nitrogen functional groups attached to an aromatic ring is 1. The van der Waals surface area contributed by atoms with Crippen molar-refractivity contribution in [1.82, 2.24) is 20.2 Å². The van der Waals surface area contributed by atoms with Crippen LogP contribution >= 0.6 is 0 Å². The van der Waals surface area contributed by atoms with Gasteiger partial charge in [0.15, 0.2) is 5.82 Å². The number of nitrogens with two attached hydrogens (primary N) is 1. The Balaban J connectivity index is 0.000000461. The number of anilines is 1. The number of H-pyrrole nitrogens is 1. The first-order valence-corrected chi connectivity index (χ1v) is 4.02. The highest BCUT2D eigenvalue weighted by Crippen LogP contribution is 2.10. The molecular formula is C8H10BN5. The van der Waals surface area contributed by atoms with Gasteiger partial charge in [-0.15, -0.1) is 0 Å². The lowest BCUT2D eigenvalue weighted by atomic mass is 10.2. The maximum atomic E-state index is 5.49. The third kappa shape index (κ3) is 2.32. The molecule has 0 aliphatic heterocycles. The van der Waals surface area contributed by atoms with Crippen LogP contribution in [0.25, 0.3) is 11.5 Å². The molecule has 2 heterocycles. The first-order valence-electron chi connectivity index (χ1n) is 4.02. The second-order valence-corrected chi connectivity index (χ2v) is 2.28. The van der Waals surface area contributed by atoms with Crippen molar-refractivity contribution in [2.75, 3.05) is 5.73 Å². The Kier molecular flexibility index (Phi) is 3.66. The maximum Gasteiger partial charge on any atom is 0.174 e. The molecule has 0 aliphatic rings. The van der Waals surface area contributed by atoms with Gasteiger partial charge in [-0.2, -0.15) is 5.10 Å². The van der Waals surface area contributed by atoms with E-state index in [0.29, 0.717) is 17.3 Å². The number of pyridine rings is 1. The van der Waals surface area contributed by atoms with Crippen LogP contribution in [0.3, 0.4) is 0 Å². The Morgan fingerprint density at radius 1 is 1.36 bits per heavy atom. The average Bonchev–Trinajstić information content (AvgIpc) is 2.74. The lowest BCUT2D eigenvalue weighted by Gasteiger charge is -1.95. The van der Waals surface area contributed by atoms with Gasteiger partial charge in [0.25, 0.3) is 0 Å². The van der Waals surface area contributed by atoms with Crippen LogP contribution < -0.4 is 5.73 Å². The highest BCUT2D eigenvalue weighted by molar-refractivity contribution is 6.05. The van der Waals surface area contributed by atoms with Gasteiger partial charge in [0.2, 0.25) is 0 Å². The van der Waals surface area contributed by atoms with E-state index < -0.39 is 0 Å². The minimum Gasteiger partial charge on any atom is -0.384 e. The molecule has 0 saturated heterocycles. The van der Waals surface area contributed by atoms with Crippen molar-refractivity contribution < 1.29 is 0 Å². The number of aromatic nitrogens is 4. The van der Waals surface area contributed by atoms with Crippen molar-refractivity contribution >= 4 is 13.7 Å². The second-order valence-electron chi connectivity index (χ2n) is 2.28. The molecule has 2 rings (SSSR count). The van der Waals surface area contributed by atoms with Crippen molar-refractivity contribution in [3.8, 4) is 11.5 Å².